The topological polar surface area (TPSA) is 451 Å². The Bertz CT molecular complexity index is 3810. The van der Waals surface area contributed by atoms with Crippen LogP contribution in [0.2, 0.25) is 0 Å². The van der Waals surface area contributed by atoms with Gasteiger partial charge in [-0.1, -0.05) is 43.7 Å². The molecule has 13 N–H and O–H groups in total. The van der Waals surface area contributed by atoms with E-state index in [0.717, 1.165) is 22.6 Å². The highest BCUT2D eigenvalue weighted by molar-refractivity contribution is 6.12. The van der Waals surface area contributed by atoms with E-state index >= 15 is 4.39 Å². The first kappa shape index (κ1) is 71.8. The molecule has 520 valence electrons. The lowest BCUT2D eigenvalue weighted by Gasteiger charge is -2.40. The molecule has 1 unspecified atom stereocenters. The Kier molecular flexibility index (Phi) is 23.8. The fraction of sp³-hybridized carbons (Fsp3) is 0.492. The average Bonchev–Trinajstić information content (AvgIpc) is 1.62. The highest BCUT2D eigenvalue weighted by Gasteiger charge is 2.47. The normalized spacial score (nSPS) is 21.1. The van der Waals surface area contributed by atoms with Crippen LogP contribution >= 0.6 is 0 Å². The molecule has 2 aromatic heterocycles. The lowest BCUT2D eigenvalue weighted by atomic mass is 9.81. The molecule has 10 amide bonds. The van der Waals surface area contributed by atoms with Crippen LogP contribution < -0.4 is 48.1 Å². The number of ether oxygens (including phenoxy) is 3. The number of carbonyl (C=O) groups excluding carboxylic acids is 11. The first-order chi connectivity index (χ1) is 46.4. The average molecular weight is 1350 g/mol. The van der Waals surface area contributed by atoms with E-state index in [1.807, 2.05) is 0 Å². The predicted octanol–water partition coefficient (Wildman–Crippen LogP) is -3.10. The molecule has 31 nitrogen and oxygen atoms in total. The van der Waals surface area contributed by atoms with Gasteiger partial charge in [-0.25, -0.2) is 14.2 Å². The van der Waals surface area contributed by atoms with Crippen LogP contribution in [-0.2, 0) is 98.5 Å². The molecule has 1 saturated heterocycles. The minimum absolute atomic E-state index is 0.0438. The number of fused-ring (bicyclic) bond motifs is 5. The van der Waals surface area contributed by atoms with Crippen molar-refractivity contribution in [1.29, 1.82) is 0 Å². The van der Waals surface area contributed by atoms with Gasteiger partial charge in [-0.2, -0.15) is 0 Å². The summed E-state index contributed by atoms with van der Waals surface area (Å²) in [6, 6.07) is 8.12. The van der Waals surface area contributed by atoms with Crippen molar-refractivity contribution in [1.82, 2.24) is 57.0 Å². The minimum atomic E-state index is -2.07. The fourth-order valence-corrected chi connectivity index (χ4v) is 12.4. The van der Waals surface area contributed by atoms with E-state index < -0.39 is 163 Å². The number of halogens is 1. The van der Waals surface area contributed by atoms with Crippen LogP contribution in [0.5, 0.6) is 0 Å². The van der Waals surface area contributed by atoms with Crippen molar-refractivity contribution in [2.75, 3.05) is 52.7 Å². The summed E-state index contributed by atoms with van der Waals surface area (Å²) in [6.45, 7) is -0.477. The number of aliphatic hydroxyl groups is 5. The number of esters is 1. The molecule has 1 fully saturated rings. The summed E-state index contributed by atoms with van der Waals surface area (Å²) in [4.78, 5) is 162. The summed E-state index contributed by atoms with van der Waals surface area (Å²) in [5, 5.41) is 72.4. The highest BCUT2D eigenvalue weighted by atomic mass is 19.1. The molecular weight excluding hydrogens is 1270 g/mol. The number of aryl methyl sites for hydroxylation is 1. The number of unbranched alkanes of at least 4 members (excludes halogenated alkanes) is 2. The van der Waals surface area contributed by atoms with Gasteiger partial charge in [-0.15, -0.1) is 0 Å². The van der Waals surface area contributed by atoms with E-state index in [9.17, 15) is 83.1 Å². The first-order valence-electron chi connectivity index (χ1n) is 31.9. The van der Waals surface area contributed by atoms with Crippen LogP contribution in [0.15, 0.2) is 59.4 Å². The largest absolute Gasteiger partial charge is 0.458 e. The van der Waals surface area contributed by atoms with Gasteiger partial charge >= 0.3 is 5.97 Å². The number of hydrogen-bond acceptors (Lipinski definition) is 21. The number of aliphatic hydroxyl groups excluding tert-OH is 4. The van der Waals surface area contributed by atoms with Crippen LogP contribution in [0, 0.1) is 12.7 Å². The Morgan fingerprint density at radius 2 is 1.43 bits per heavy atom. The standard InChI is InChI=1S/C65H78FN11O20/c1-3-65(94)38-23-44-57-36(29-77(44)63(92)37(38)31-96-64(65)93)56-40(14-13-35-33(2)39(66)24-42(75-57)55(35)56)72-49(81)19-21-95-32-71-51(83)27-70-62(91)43(22-34-10-6-4-7-11-34)74-52(84)28-68-50(82)26-69-61(90)41(73-48(80)12-8-5-9-20-76-53(85)17-18-54(76)86)15-16-47(79)67-25-45-58(87)60(89)59(88)46(30-78)97-45/h4,6-7,10-11,17-18,23-24,40-41,43,45-46,58-60,78,87-89,94H,3,5,8-9,12-16,19-22,25-32H2,1-2H3,(H,67,79)(H,68,82)(H,69,90)(H,70,91)(H,71,83)(H,72,81)(H,73,80)(H,74,84)/t40-,41?,43-,45-,46+,58-,59+,60+,65-/m0/s1. The van der Waals surface area contributed by atoms with Crippen LogP contribution in [0.4, 0.5) is 4.39 Å². The summed E-state index contributed by atoms with van der Waals surface area (Å²) < 4.78 is 33.1. The summed E-state index contributed by atoms with van der Waals surface area (Å²) in [7, 11) is 0. The Hall–Kier alpha value is -9.44. The SMILES string of the molecule is CC[C@@]1(O)C(=O)OCc2c1cc1n(c2=O)Cc2c-1nc1cc(F)c(C)c3c1c2[C@@H](NC(=O)CCOCNC(=O)CNC(=O)[C@H](Cc1ccccc1)NC(=O)CNC(=O)CNC(=O)C(CCC(=O)NC[C@@H]1O[C@H](CO)[C@@H](O)[C@H](O)[C@H]1O)NC(=O)CCCCCN1C(=O)C=CC1=O)CC3. The van der Waals surface area contributed by atoms with Crippen molar-refractivity contribution in [3.05, 3.63) is 110 Å². The van der Waals surface area contributed by atoms with Crippen molar-refractivity contribution < 1.29 is 96.9 Å². The minimum Gasteiger partial charge on any atom is -0.458 e. The molecule has 9 rings (SSSR count). The number of imide groups is 1. The van der Waals surface area contributed by atoms with Gasteiger partial charge in [-0.3, -0.25) is 57.6 Å². The number of cyclic esters (lactones) is 1. The molecule has 0 radical (unpaired) electrons. The molecule has 5 aliphatic rings. The van der Waals surface area contributed by atoms with Crippen molar-refractivity contribution >= 4 is 75.9 Å². The Labute approximate surface area is 553 Å². The number of carbonyl (C=O) groups is 11. The number of hydrogen-bond donors (Lipinski definition) is 13. The first-order valence-corrected chi connectivity index (χ1v) is 31.9. The lowest BCUT2D eigenvalue weighted by Crippen LogP contribution is -2.60. The molecule has 0 spiro atoms. The summed E-state index contributed by atoms with van der Waals surface area (Å²) in [5.41, 5.74) is 1.71. The third-order valence-corrected chi connectivity index (χ3v) is 17.8. The zero-order valence-electron chi connectivity index (χ0n) is 53.2. The monoisotopic (exact) mass is 1350 g/mol. The number of pyridine rings is 2. The van der Waals surface area contributed by atoms with Gasteiger partial charge in [-0.05, 0) is 73.8 Å². The molecule has 6 heterocycles. The second kappa shape index (κ2) is 32.1. The van der Waals surface area contributed by atoms with E-state index in [-0.39, 0.29) is 89.2 Å². The zero-order chi connectivity index (χ0) is 69.8. The second-order valence-electron chi connectivity index (χ2n) is 24.2. The molecule has 2 aromatic carbocycles. The Morgan fingerprint density at radius 1 is 0.753 bits per heavy atom. The third-order valence-electron chi connectivity index (χ3n) is 17.8. The van der Waals surface area contributed by atoms with Gasteiger partial charge in [0.05, 0.1) is 74.3 Å². The Balaban J connectivity index is 0.727. The van der Waals surface area contributed by atoms with Gasteiger partial charge in [0, 0.05) is 67.1 Å². The van der Waals surface area contributed by atoms with E-state index in [0.29, 0.717) is 70.2 Å². The van der Waals surface area contributed by atoms with E-state index in [4.69, 9.17) is 19.2 Å². The fourth-order valence-electron chi connectivity index (χ4n) is 12.4. The van der Waals surface area contributed by atoms with Gasteiger partial charge < -0.3 is 86.8 Å². The maximum atomic E-state index is 15.4. The van der Waals surface area contributed by atoms with E-state index in [2.05, 4.69) is 42.5 Å². The second-order valence-corrected chi connectivity index (χ2v) is 24.2. The molecular formula is C65H78FN11O20. The van der Waals surface area contributed by atoms with Gasteiger partial charge in [0.25, 0.3) is 17.4 Å². The molecule has 4 aliphatic heterocycles. The highest BCUT2D eigenvalue weighted by Crippen LogP contribution is 2.46. The predicted molar refractivity (Wildman–Crippen MR) is 335 cm³/mol. The number of nitrogens with zero attached hydrogens (tertiary/aromatic N) is 3. The van der Waals surface area contributed by atoms with Crippen molar-refractivity contribution in [2.45, 2.75) is 152 Å². The van der Waals surface area contributed by atoms with Crippen LogP contribution in [-0.4, -0.2) is 200 Å². The maximum absolute atomic E-state index is 15.4. The maximum Gasteiger partial charge on any atom is 0.343 e. The van der Waals surface area contributed by atoms with Crippen molar-refractivity contribution in [3.63, 3.8) is 0 Å². The summed E-state index contributed by atoms with van der Waals surface area (Å²) in [5.74, 6) is -8.08. The van der Waals surface area contributed by atoms with Crippen LogP contribution in [0.1, 0.15) is 110 Å². The Morgan fingerprint density at radius 3 is 2.14 bits per heavy atom. The smallest absolute Gasteiger partial charge is 0.343 e. The third kappa shape index (κ3) is 16.9. The zero-order valence-corrected chi connectivity index (χ0v) is 53.2. The van der Waals surface area contributed by atoms with Gasteiger partial charge in [0.1, 0.15) is 61.8 Å². The lowest BCUT2D eigenvalue weighted by molar-refractivity contribution is -0.227. The summed E-state index contributed by atoms with van der Waals surface area (Å²) in [6.07, 6.45) is -4.33. The van der Waals surface area contributed by atoms with Crippen LogP contribution in [0.3, 0.4) is 0 Å². The number of nitrogens with one attached hydrogen (secondary N) is 8. The van der Waals surface area contributed by atoms with Gasteiger partial charge in [0.2, 0.25) is 47.3 Å². The van der Waals surface area contributed by atoms with E-state index in [1.54, 1.807) is 50.2 Å². The van der Waals surface area contributed by atoms with Crippen LogP contribution in [0.25, 0.3) is 22.3 Å². The summed E-state index contributed by atoms with van der Waals surface area (Å²) >= 11 is 0. The van der Waals surface area contributed by atoms with E-state index in [1.165, 1.54) is 10.6 Å². The molecule has 1 aliphatic carbocycles. The number of aromatic nitrogens is 2. The molecule has 97 heavy (non-hydrogen) atoms. The molecule has 0 bridgehead atoms. The quantitative estimate of drug-likeness (QED) is 0.00904. The molecule has 9 atom stereocenters. The molecule has 32 heteroatoms. The molecule has 0 saturated carbocycles. The van der Waals surface area contributed by atoms with Crippen molar-refractivity contribution in [3.8, 4) is 11.4 Å². The van der Waals surface area contributed by atoms with Gasteiger partial charge in [0.15, 0.2) is 5.60 Å². The number of amides is 10. The number of benzene rings is 2. The molecule has 4 aromatic rings. The van der Waals surface area contributed by atoms with Crippen molar-refractivity contribution in [2.24, 2.45) is 0 Å². The number of rotatable bonds is 31.